The van der Waals surface area contributed by atoms with Gasteiger partial charge in [-0.2, -0.15) is 0 Å². The molecular weight excluding hydrogens is 256 g/mol. The van der Waals surface area contributed by atoms with Gasteiger partial charge >= 0.3 is 0 Å². The second-order valence-corrected chi connectivity index (χ2v) is 5.88. The second-order valence-electron chi connectivity index (χ2n) is 5.88. The Hall–Kier alpha value is -0.820. The highest BCUT2D eigenvalue weighted by molar-refractivity contribution is 5.14. The highest BCUT2D eigenvalue weighted by atomic mass is 16.5. The standard InChI is InChI=1S/C20H33O/c1-2-3-4-7-13-18-21-19-14-8-5-6-10-15-20-16-11-9-12-17-20/h9,11-12,16-17H,1-8,10,13-15,18-19H2. The molecule has 1 aromatic carbocycles. The van der Waals surface area contributed by atoms with Crippen LogP contribution in [0.15, 0.2) is 30.3 Å². The van der Waals surface area contributed by atoms with E-state index in [9.17, 15) is 0 Å². The monoisotopic (exact) mass is 289 g/mol. The zero-order valence-electron chi connectivity index (χ0n) is 13.7. The minimum absolute atomic E-state index is 0.950. The summed E-state index contributed by atoms with van der Waals surface area (Å²) in [7, 11) is 0. The maximum atomic E-state index is 5.67. The maximum Gasteiger partial charge on any atom is 0.0466 e. The Morgan fingerprint density at radius 2 is 1.24 bits per heavy atom. The molecule has 21 heavy (non-hydrogen) atoms. The van der Waals surface area contributed by atoms with Gasteiger partial charge in [-0.15, -0.1) is 0 Å². The van der Waals surface area contributed by atoms with Crippen LogP contribution in [-0.2, 0) is 11.2 Å². The number of hydrogen-bond acceptors (Lipinski definition) is 1. The molecule has 1 radical (unpaired) electrons. The van der Waals surface area contributed by atoms with E-state index in [0.717, 1.165) is 19.6 Å². The molecule has 0 fully saturated rings. The maximum absolute atomic E-state index is 5.67. The van der Waals surface area contributed by atoms with E-state index in [1.165, 1.54) is 69.8 Å². The highest BCUT2D eigenvalue weighted by Crippen LogP contribution is 2.09. The van der Waals surface area contributed by atoms with Gasteiger partial charge in [0.1, 0.15) is 0 Å². The van der Waals surface area contributed by atoms with E-state index in [-0.39, 0.29) is 0 Å². The van der Waals surface area contributed by atoms with Crippen LogP contribution in [0.4, 0.5) is 0 Å². The summed E-state index contributed by atoms with van der Waals surface area (Å²) in [6.45, 7) is 5.76. The molecule has 1 aromatic rings. The van der Waals surface area contributed by atoms with Crippen LogP contribution in [0.3, 0.4) is 0 Å². The van der Waals surface area contributed by atoms with Crippen molar-refractivity contribution in [3.63, 3.8) is 0 Å². The summed E-state index contributed by atoms with van der Waals surface area (Å²) in [4.78, 5) is 0. The molecule has 0 heterocycles. The Balaban J connectivity index is 1.75. The molecule has 0 spiro atoms. The number of aryl methyl sites for hydroxylation is 1. The number of unbranched alkanes of at least 4 members (excludes halogenated alkanes) is 8. The third-order valence-electron chi connectivity index (χ3n) is 3.89. The lowest BCUT2D eigenvalue weighted by Gasteiger charge is -2.05. The van der Waals surface area contributed by atoms with Crippen molar-refractivity contribution in [2.45, 2.75) is 70.6 Å². The summed E-state index contributed by atoms with van der Waals surface area (Å²) in [6, 6.07) is 10.8. The predicted molar refractivity (Wildman–Crippen MR) is 92.5 cm³/mol. The molecule has 1 rings (SSSR count). The summed E-state index contributed by atoms with van der Waals surface area (Å²) in [5.74, 6) is 0. The molecule has 0 aliphatic heterocycles. The second kappa shape index (κ2) is 14.1. The lowest BCUT2D eigenvalue weighted by Crippen LogP contribution is -1.97. The summed E-state index contributed by atoms with van der Waals surface area (Å²) in [6.07, 6.45) is 14.0. The first-order valence-electron chi connectivity index (χ1n) is 8.84. The van der Waals surface area contributed by atoms with Crippen molar-refractivity contribution in [3.05, 3.63) is 42.8 Å². The van der Waals surface area contributed by atoms with Crippen LogP contribution in [0, 0.1) is 6.92 Å². The number of ether oxygens (including phenoxy) is 1. The minimum Gasteiger partial charge on any atom is -0.381 e. The first-order chi connectivity index (χ1) is 10.4. The van der Waals surface area contributed by atoms with Gasteiger partial charge in [0.05, 0.1) is 0 Å². The third-order valence-corrected chi connectivity index (χ3v) is 3.89. The van der Waals surface area contributed by atoms with Crippen molar-refractivity contribution < 1.29 is 4.74 Å². The van der Waals surface area contributed by atoms with E-state index < -0.39 is 0 Å². The largest absolute Gasteiger partial charge is 0.381 e. The van der Waals surface area contributed by atoms with Gasteiger partial charge < -0.3 is 4.74 Å². The summed E-state index contributed by atoms with van der Waals surface area (Å²) in [5, 5.41) is 0. The van der Waals surface area contributed by atoms with E-state index >= 15 is 0 Å². The van der Waals surface area contributed by atoms with Gasteiger partial charge in [0.25, 0.3) is 0 Å². The lowest BCUT2D eigenvalue weighted by molar-refractivity contribution is 0.125. The molecular formula is C20H33O. The van der Waals surface area contributed by atoms with E-state index in [2.05, 4.69) is 37.3 Å². The average molecular weight is 289 g/mol. The van der Waals surface area contributed by atoms with Gasteiger partial charge in [-0.25, -0.2) is 0 Å². The first-order valence-corrected chi connectivity index (χ1v) is 8.84. The fourth-order valence-electron chi connectivity index (χ4n) is 2.54. The number of rotatable bonds is 14. The minimum atomic E-state index is 0.950. The van der Waals surface area contributed by atoms with Crippen molar-refractivity contribution in [2.24, 2.45) is 0 Å². The molecule has 0 atom stereocenters. The Morgan fingerprint density at radius 1 is 0.667 bits per heavy atom. The van der Waals surface area contributed by atoms with Gasteiger partial charge in [0, 0.05) is 13.2 Å². The van der Waals surface area contributed by atoms with Gasteiger partial charge in [0.2, 0.25) is 0 Å². The molecule has 0 aromatic heterocycles. The van der Waals surface area contributed by atoms with Crippen molar-refractivity contribution in [1.29, 1.82) is 0 Å². The fraction of sp³-hybridized carbons (Fsp3) is 0.650. The van der Waals surface area contributed by atoms with Gasteiger partial charge in [-0.05, 0) is 31.2 Å². The van der Waals surface area contributed by atoms with Gasteiger partial charge in [-0.1, -0.05) is 82.2 Å². The predicted octanol–water partition coefficient (Wildman–Crippen LogP) is 5.98. The van der Waals surface area contributed by atoms with Crippen molar-refractivity contribution >= 4 is 0 Å². The van der Waals surface area contributed by atoms with Gasteiger partial charge in [-0.3, -0.25) is 0 Å². The Morgan fingerprint density at radius 3 is 1.90 bits per heavy atom. The van der Waals surface area contributed by atoms with E-state index in [0.29, 0.717) is 0 Å². The summed E-state index contributed by atoms with van der Waals surface area (Å²) in [5.41, 5.74) is 1.47. The van der Waals surface area contributed by atoms with Crippen LogP contribution in [0.2, 0.25) is 0 Å². The van der Waals surface area contributed by atoms with Crippen molar-refractivity contribution in [2.75, 3.05) is 13.2 Å². The molecule has 0 bridgehead atoms. The Labute approximate surface area is 132 Å². The van der Waals surface area contributed by atoms with Crippen LogP contribution in [0.1, 0.15) is 69.8 Å². The van der Waals surface area contributed by atoms with E-state index in [1.54, 1.807) is 0 Å². The van der Waals surface area contributed by atoms with Crippen LogP contribution >= 0.6 is 0 Å². The van der Waals surface area contributed by atoms with Crippen LogP contribution < -0.4 is 0 Å². The average Bonchev–Trinajstić information content (AvgIpc) is 2.53. The number of benzene rings is 1. The molecule has 119 valence electrons. The highest BCUT2D eigenvalue weighted by Gasteiger charge is 1.94. The molecule has 0 N–H and O–H groups in total. The molecule has 0 unspecified atom stereocenters. The Kier molecular flexibility index (Phi) is 12.3. The smallest absolute Gasteiger partial charge is 0.0466 e. The Bertz CT molecular complexity index is 307. The molecule has 0 aliphatic carbocycles. The topological polar surface area (TPSA) is 9.23 Å². The zero-order chi connectivity index (χ0) is 15.0. The first kappa shape index (κ1) is 18.2. The molecule has 0 saturated carbocycles. The summed E-state index contributed by atoms with van der Waals surface area (Å²) >= 11 is 0. The SMILES string of the molecule is [CH2]CCCCCCOCCCCCCCc1ccccc1. The van der Waals surface area contributed by atoms with E-state index in [4.69, 9.17) is 4.74 Å². The molecule has 1 heteroatoms. The molecule has 0 saturated heterocycles. The van der Waals surface area contributed by atoms with Crippen molar-refractivity contribution in [1.82, 2.24) is 0 Å². The lowest BCUT2D eigenvalue weighted by atomic mass is 10.1. The quantitative estimate of drug-likeness (QED) is 0.383. The molecule has 1 nitrogen and oxygen atoms in total. The summed E-state index contributed by atoms with van der Waals surface area (Å²) < 4.78 is 5.67. The van der Waals surface area contributed by atoms with Crippen LogP contribution in [0.25, 0.3) is 0 Å². The fourth-order valence-corrected chi connectivity index (χ4v) is 2.54. The van der Waals surface area contributed by atoms with Crippen LogP contribution in [-0.4, -0.2) is 13.2 Å². The van der Waals surface area contributed by atoms with Crippen molar-refractivity contribution in [3.8, 4) is 0 Å². The van der Waals surface area contributed by atoms with Crippen LogP contribution in [0.5, 0.6) is 0 Å². The molecule has 0 amide bonds. The normalized spacial score (nSPS) is 10.9. The number of hydrogen-bond donors (Lipinski definition) is 0. The molecule has 0 aliphatic rings. The van der Waals surface area contributed by atoms with Gasteiger partial charge in [0.15, 0.2) is 0 Å². The zero-order valence-corrected chi connectivity index (χ0v) is 13.7. The van der Waals surface area contributed by atoms with E-state index in [1.807, 2.05) is 0 Å². The third kappa shape index (κ3) is 11.5.